The molecule has 1 aromatic heterocycles. The maximum Gasteiger partial charge on any atom is 0.185 e. The van der Waals surface area contributed by atoms with Crippen LogP contribution in [0.5, 0.6) is 0 Å². The second-order valence-corrected chi connectivity index (χ2v) is 4.93. The summed E-state index contributed by atoms with van der Waals surface area (Å²) >= 11 is 0. The molecule has 1 heterocycles. The van der Waals surface area contributed by atoms with Gasteiger partial charge in [0, 0.05) is 6.07 Å². The van der Waals surface area contributed by atoms with Gasteiger partial charge < -0.3 is 5.73 Å². The van der Waals surface area contributed by atoms with Gasteiger partial charge in [0.25, 0.3) is 0 Å². The number of tetrazole rings is 1. The first-order chi connectivity index (χ1) is 9.45. The summed E-state index contributed by atoms with van der Waals surface area (Å²) in [5.41, 5.74) is 5.46. The van der Waals surface area contributed by atoms with E-state index < -0.39 is 11.6 Å². The third-order valence-electron chi connectivity index (χ3n) is 3.67. The minimum absolute atomic E-state index is 0.00400. The van der Waals surface area contributed by atoms with Crippen LogP contribution in [0.25, 0.3) is 11.4 Å². The second kappa shape index (κ2) is 5.52. The monoisotopic (exact) mass is 281 g/mol. The van der Waals surface area contributed by atoms with Gasteiger partial charge in [0.2, 0.25) is 0 Å². The standard InChI is InChI=1S/C13H17F2N5/c1-4-7(2)8(3)20-13(17-18-19-20)9-5-12(16)11(15)6-10(9)14/h5-8H,4,16H2,1-3H3. The number of nitrogens with zero attached hydrogens (tertiary/aromatic N) is 4. The van der Waals surface area contributed by atoms with Crippen molar-refractivity contribution in [3.8, 4) is 11.4 Å². The second-order valence-electron chi connectivity index (χ2n) is 4.93. The fourth-order valence-corrected chi connectivity index (χ4v) is 1.96. The zero-order chi connectivity index (χ0) is 14.9. The molecule has 0 aliphatic heterocycles. The average Bonchev–Trinajstić information content (AvgIpc) is 2.90. The first-order valence-electron chi connectivity index (χ1n) is 6.48. The highest BCUT2D eigenvalue weighted by molar-refractivity contribution is 5.62. The van der Waals surface area contributed by atoms with Crippen LogP contribution in [-0.4, -0.2) is 20.2 Å². The molecule has 0 radical (unpaired) electrons. The molecule has 2 unspecified atom stereocenters. The van der Waals surface area contributed by atoms with Crippen molar-refractivity contribution in [1.29, 1.82) is 0 Å². The van der Waals surface area contributed by atoms with Crippen LogP contribution in [-0.2, 0) is 0 Å². The van der Waals surface area contributed by atoms with Gasteiger partial charge in [-0.15, -0.1) is 5.10 Å². The fraction of sp³-hybridized carbons (Fsp3) is 0.462. The minimum atomic E-state index is -0.791. The molecule has 2 N–H and O–H groups in total. The van der Waals surface area contributed by atoms with E-state index in [0.717, 1.165) is 12.5 Å². The Kier molecular flexibility index (Phi) is 3.96. The Labute approximate surface area is 115 Å². The van der Waals surface area contributed by atoms with E-state index in [-0.39, 0.29) is 23.1 Å². The molecule has 0 amide bonds. The molecular formula is C13H17F2N5. The van der Waals surface area contributed by atoms with Gasteiger partial charge in [-0.3, -0.25) is 0 Å². The highest BCUT2D eigenvalue weighted by Crippen LogP contribution is 2.28. The van der Waals surface area contributed by atoms with Crippen LogP contribution in [0.3, 0.4) is 0 Å². The van der Waals surface area contributed by atoms with E-state index >= 15 is 0 Å². The van der Waals surface area contributed by atoms with Gasteiger partial charge in [-0.2, -0.15) is 0 Å². The molecule has 2 atom stereocenters. The largest absolute Gasteiger partial charge is 0.396 e. The van der Waals surface area contributed by atoms with E-state index in [4.69, 9.17) is 5.73 Å². The van der Waals surface area contributed by atoms with Crippen LogP contribution >= 0.6 is 0 Å². The zero-order valence-electron chi connectivity index (χ0n) is 11.6. The van der Waals surface area contributed by atoms with Gasteiger partial charge in [0.05, 0.1) is 17.3 Å². The third kappa shape index (κ3) is 2.48. The van der Waals surface area contributed by atoms with Gasteiger partial charge in [-0.1, -0.05) is 20.3 Å². The smallest absolute Gasteiger partial charge is 0.185 e. The van der Waals surface area contributed by atoms with E-state index in [1.54, 1.807) is 4.68 Å². The number of anilines is 1. The predicted octanol–water partition coefficient (Wildman–Crippen LogP) is 2.81. The number of halogens is 2. The van der Waals surface area contributed by atoms with Gasteiger partial charge in [0.15, 0.2) is 5.82 Å². The summed E-state index contributed by atoms with van der Waals surface area (Å²) < 4.78 is 28.7. The minimum Gasteiger partial charge on any atom is -0.396 e. The lowest BCUT2D eigenvalue weighted by molar-refractivity contribution is 0.340. The van der Waals surface area contributed by atoms with Crippen LogP contribution in [0.2, 0.25) is 0 Å². The molecule has 0 aliphatic carbocycles. The van der Waals surface area contributed by atoms with Crippen molar-refractivity contribution < 1.29 is 8.78 Å². The third-order valence-corrected chi connectivity index (χ3v) is 3.67. The summed E-state index contributed by atoms with van der Waals surface area (Å²) in [5.74, 6) is -0.954. The predicted molar refractivity (Wildman–Crippen MR) is 71.7 cm³/mol. The van der Waals surface area contributed by atoms with E-state index in [2.05, 4.69) is 29.4 Å². The molecule has 1 aromatic carbocycles. The van der Waals surface area contributed by atoms with E-state index in [9.17, 15) is 8.78 Å². The van der Waals surface area contributed by atoms with Gasteiger partial charge in [0.1, 0.15) is 11.6 Å². The van der Waals surface area contributed by atoms with Crippen LogP contribution in [0.15, 0.2) is 12.1 Å². The number of aromatic nitrogens is 4. The van der Waals surface area contributed by atoms with Crippen LogP contribution < -0.4 is 5.73 Å². The van der Waals surface area contributed by atoms with Gasteiger partial charge >= 0.3 is 0 Å². The van der Waals surface area contributed by atoms with Crippen molar-refractivity contribution >= 4 is 5.69 Å². The number of hydrogen-bond donors (Lipinski definition) is 1. The van der Waals surface area contributed by atoms with E-state index in [1.165, 1.54) is 6.07 Å². The SMILES string of the molecule is CCC(C)C(C)n1nnnc1-c1cc(N)c(F)cc1F. The van der Waals surface area contributed by atoms with Crippen LogP contribution in [0, 0.1) is 17.6 Å². The van der Waals surface area contributed by atoms with Gasteiger partial charge in [-0.25, -0.2) is 13.5 Å². The lowest BCUT2D eigenvalue weighted by Crippen LogP contribution is -2.16. The lowest BCUT2D eigenvalue weighted by Gasteiger charge is -2.19. The quantitative estimate of drug-likeness (QED) is 0.875. The number of benzene rings is 1. The van der Waals surface area contributed by atoms with Crippen molar-refractivity contribution in [3.05, 3.63) is 23.8 Å². The van der Waals surface area contributed by atoms with Crippen molar-refractivity contribution in [2.75, 3.05) is 5.73 Å². The molecule has 0 aliphatic rings. The Bertz CT molecular complexity index is 611. The van der Waals surface area contributed by atoms with E-state index in [0.29, 0.717) is 5.92 Å². The highest BCUT2D eigenvalue weighted by Gasteiger charge is 2.21. The molecule has 20 heavy (non-hydrogen) atoms. The molecule has 108 valence electrons. The maximum atomic E-state index is 13.9. The Morgan fingerprint density at radius 3 is 2.60 bits per heavy atom. The normalized spacial score (nSPS) is 14.2. The molecule has 0 spiro atoms. The summed E-state index contributed by atoms with van der Waals surface area (Å²) in [6.45, 7) is 6.08. The average molecular weight is 281 g/mol. The molecule has 0 fully saturated rings. The molecule has 0 saturated heterocycles. The van der Waals surface area contributed by atoms with Crippen molar-refractivity contribution in [3.63, 3.8) is 0 Å². The Morgan fingerprint density at radius 2 is 1.95 bits per heavy atom. The lowest BCUT2D eigenvalue weighted by atomic mass is 10.0. The fourth-order valence-electron chi connectivity index (χ4n) is 1.96. The topological polar surface area (TPSA) is 69.6 Å². The molecule has 0 saturated carbocycles. The number of nitrogens with two attached hydrogens (primary N) is 1. The van der Waals surface area contributed by atoms with E-state index in [1.807, 2.05) is 6.92 Å². The summed E-state index contributed by atoms with van der Waals surface area (Å²) in [7, 11) is 0. The molecule has 2 rings (SSSR count). The summed E-state index contributed by atoms with van der Waals surface area (Å²) in [6.07, 6.45) is 0.939. The molecule has 7 heteroatoms. The molecular weight excluding hydrogens is 264 g/mol. The van der Waals surface area contributed by atoms with Crippen LogP contribution in [0.4, 0.5) is 14.5 Å². The van der Waals surface area contributed by atoms with Crippen molar-refractivity contribution in [1.82, 2.24) is 20.2 Å². The molecule has 5 nitrogen and oxygen atoms in total. The molecule has 0 bridgehead atoms. The van der Waals surface area contributed by atoms with Gasteiger partial charge in [-0.05, 0) is 29.3 Å². The Hall–Kier alpha value is -2.05. The number of hydrogen-bond acceptors (Lipinski definition) is 4. The summed E-state index contributed by atoms with van der Waals surface area (Å²) in [6, 6.07) is 1.96. The summed E-state index contributed by atoms with van der Waals surface area (Å²) in [4.78, 5) is 0. The van der Waals surface area contributed by atoms with Crippen molar-refractivity contribution in [2.45, 2.75) is 33.2 Å². The Balaban J connectivity index is 2.50. The maximum absolute atomic E-state index is 13.9. The van der Waals surface area contributed by atoms with Crippen molar-refractivity contribution in [2.24, 2.45) is 5.92 Å². The highest BCUT2D eigenvalue weighted by atomic mass is 19.1. The first-order valence-corrected chi connectivity index (χ1v) is 6.48. The number of rotatable bonds is 4. The van der Waals surface area contributed by atoms with Crippen LogP contribution in [0.1, 0.15) is 33.2 Å². The Morgan fingerprint density at radius 1 is 1.25 bits per heavy atom. The number of nitrogen functional groups attached to an aromatic ring is 1. The first kappa shape index (κ1) is 14.4. The molecule has 2 aromatic rings. The summed E-state index contributed by atoms with van der Waals surface area (Å²) in [5, 5.41) is 11.3. The zero-order valence-corrected chi connectivity index (χ0v) is 11.6.